The predicted molar refractivity (Wildman–Crippen MR) is 192 cm³/mol. The number of rotatable bonds is 6. The van der Waals surface area contributed by atoms with Gasteiger partial charge in [0.2, 0.25) is 0 Å². The molecule has 13 atom stereocenters. The Labute approximate surface area is 300 Å². The summed E-state index contributed by atoms with van der Waals surface area (Å²) in [5, 5.41) is 0. The first-order valence-electron chi connectivity index (χ1n) is 20.7. The SMILES string of the molecule is CC[C@]12CCC3C4CCC(=O)C=C4CCC3C1CC[C@]2(C)OC(=O)CCC(=O)O[C@H]1CCC2C3C(CC[C@@]21C)[C@@]1(C)CCC(=O)C=C1C[C@H]3C. The van der Waals surface area contributed by atoms with Gasteiger partial charge in [0.05, 0.1) is 12.8 Å². The third-order valence-electron chi connectivity index (χ3n) is 17.5. The van der Waals surface area contributed by atoms with Crippen molar-refractivity contribution in [2.45, 2.75) is 162 Å². The quantitative estimate of drug-likeness (QED) is 0.259. The molecule has 0 aromatic heterocycles. The molecule has 0 aromatic rings. The van der Waals surface area contributed by atoms with Gasteiger partial charge >= 0.3 is 11.9 Å². The molecule has 0 spiro atoms. The average Bonchev–Trinajstić information content (AvgIpc) is 3.57. The number of fused-ring (bicyclic) bond motifs is 10. The summed E-state index contributed by atoms with van der Waals surface area (Å²) in [5.74, 6) is 4.77. The summed E-state index contributed by atoms with van der Waals surface area (Å²) in [7, 11) is 0. The van der Waals surface area contributed by atoms with E-state index >= 15 is 0 Å². The highest BCUT2D eigenvalue weighted by atomic mass is 16.6. The monoisotopic (exact) mass is 686 g/mol. The molecule has 6 fully saturated rings. The molecular weight excluding hydrogens is 624 g/mol. The van der Waals surface area contributed by atoms with Crippen LogP contribution in [0, 0.1) is 63.6 Å². The summed E-state index contributed by atoms with van der Waals surface area (Å²) in [5.41, 5.74) is 2.38. The second-order valence-electron chi connectivity index (χ2n) is 19.2. The van der Waals surface area contributed by atoms with Gasteiger partial charge in [0.25, 0.3) is 0 Å². The van der Waals surface area contributed by atoms with E-state index in [1.54, 1.807) is 0 Å². The van der Waals surface area contributed by atoms with Gasteiger partial charge in [0.1, 0.15) is 11.7 Å². The number of carbonyl (C=O) groups is 4. The van der Waals surface area contributed by atoms with Crippen LogP contribution in [-0.2, 0) is 28.7 Å². The maximum Gasteiger partial charge on any atom is 0.306 e. The highest BCUT2D eigenvalue weighted by molar-refractivity contribution is 5.92. The molecule has 6 nitrogen and oxygen atoms in total. The van der Waals surface area contributed by atoms with Crippen molar-refractivity contribution < 1.29 is 28.7 Å². The normalized spacial score (nSPS) is 47.7. The summed E-state index contributed by atoms with van der Waals surface area (Å²) in [6.07, 6.45) is 20.0. The molecule has 0 aromatic carbocycles. The zero-order valence-corrected chi connectivity index (χ0v) is 31.5. The topological polar surface area (TPSA) is 86.7 Å². The Morgan fingerprint density at radius 3 is 2.32 bits per heavy atom. The van der Waals surface area contributed by atoms with Crippen molar-refractivity contribution in [3.05, 3.63) is 23.3 Å². The molecule has 274 valence electrons. The first-order valence-corrected chi connectivity index (χ1v) is 20.7. The van der Waals surface area contributed by atoms with Gasteiger partial charge in [-0.15, -0.1) is 0 Å². The minimum atomic E-state index is -0.504. The number of ketones is 2. The Morgan fingerprint density at radius 1 is 0.760 bits per heavy atom. The van der Waals surface area contributed by atoms with Crippen LogP contribution in [0.15, 0.2) is 23.3 Å². The predicted octanol–water partition coefficient (Wildman–Crippen LogP) is 9.29. The lowest BCUT2D eigenvalue weighted by Crippen LogP contribution is -2.54. The van der Waals surface area contributed by atoms with Crippen LogP contribution >= 0.6 is 0 Å². The van der Waals surface area contributed by atoms with Gasteiger partial charge < -0.3 is 9.47 Å². The van der Waals surface area contributed by atoms with E-state index in [0.29, 0.717) is 71.8 Å². The summed E-state index contributed by atoms with van der Waals surface area (Å²) < 4.78 is 12.8. The minimum absolute atomic E-state index is 0.0145. The number of hydrogen-bond acceptors (Lipinski definition) is 6. The largest absolute Gasteiger partial charge is 0.462 e. The summed E-state index contributed by atoms with van der Waals surface area (Å²) in [6, 6.07) is 0. The van der Waals surface area contributed by atoms with Crippen molar-refractivity contribution in [2.75, 3.05) is 0 Å². The molecule has 0 radical (unpaired) electrons. The van der Waals surface area contributed by atoms with Crippen LogP contribution < -0.4 is 0 Å². The maximum atomic E-state index is 13.5. The first-order chi connectivity index (χ1) is 23.8. The highest BCUT2D eigenvalue weighted by Gasteiger charge is 2.65. The molecule has 6 heteroatoms. The van der Waals surface area contributed by atoms with Gasteiger partial charge in [0.15, 0.2) is 11.6 Å². The van der Waals surface area contributed by atoms with Crippen molar-refractivity contribution >= 4 is 23.5 Å². The molecule has 8 rings (SSSR count). The fourth-order valence-corrected chi connectivity index (χ4v) is 15.0. The lowest BCUT2D eigenvalue weighted by atomic mass is 9.45. The lowest BCUT2D eigenvalue weighted by Gasteiger charge is -2.59. The minimum Gasteiger partial charge on any atom is -0.462 e. The lowest BCUT2D eigenvalue weighted by molar-refractivity contribution is -0.184. The van der Waals surface area contributed by atoms with Crippen LogP contribution in [-0.4, -0.2) is 35.2 Å². The van der Waals surface area contributed by atoms with Crippen LogP contribution in [0.2, 0.25) is 0 Å². The van der Waals surface area contributed by atoms with Gasteiger partial charge in [-0.05, 0) is 162 Å². The molecule has 0 amide bonds. The number of ether oxygens (including phenoxy) is 2. The summed E-state index contributed by atoms with van der Waals surface area (Å²) in [4.78, 5) is 51.4. The molecule has 0 aliphatic heterocycles. The van der Waals surface area contributed by atoms with Crippen LogP contribution in [0.5, 0.6) is 0 Å². The average molecular weight is 687 g/mol. The van der Waals surface area contributed by atoms with Crippen molar-refractivity contribution in [1.29, 1.82) is 0 Å². The molecule has 50 heavy (non-hydrogen) atoms. The van der Waals surface area contributed by atoms with E-state index in [0.717, 1.165) is 89.9 Å². The Hall–Kier alpha value is -2.24. The standard InChI is InChI=1S/C44H62O6/c1-6-44-22-16-32-31-10-8-29(45)24-27(31)7-9-33(32)34(44)18-21-43(44,5)50-39(48)14-13-38(47)49-37-12-11-35-40-26(2)23-28-25-30(46)15-19-41(28,3)36(40)17-20-42(35,37)4/h24-26,31-37,40H,6-23H2,1-5H3/t26-,31?,32?,33?,34?,35?,36?,37+,40?,41+,42+,43+,44+/m1/s1. The molecule has 0 N–H and O–H groups in total. The van der Waals surface area contributed by atoms with Crippen molar-refractivity contribution in [3.8, 4) is 0 Å². The molecular formula is C44H62O6. The summed E-state index contributed by atoms with van der Waals surface area (Å²) in [6.45, 7) is 11.7. The van der Waals surface area contributed by atoms with Crippen molar-refractivity contribution in [3.63, 3.8) is 0 Å². The van der Waals surface area contributed by atoms with Crippen molar-refractivity contribution in [1.82, 2.24) is 0 Å². The Balaban J connectivity index is 0.880. The van der Waals surface area contributed by atoms with Crippen LogP contribution in [0.1, 0.15) is 150 Å². The molecule has 0 saturated heterocycles. The second kappa shape index (κ2) is 12.4. The van der Waals surface area contributed by atoms with E-state index < -0.39 is 5.60 Å². The molecule has 8 aliphatic rings. The van der Waals surface area contributed by atoms with Crippen molar-refractivity contribution in [2.24, 2.45) is 63.6 Å². The summed E-state index contributed by atoms with van der Waals surface area (Å²) >= 11 is 0. The Kier molecular flexibility index (Phi) is 8.66. The zero-order chi connectivity index (χ0) is 35.2. The molecule has 0 heterocycles. The Bertz CT molecular complexity index is 1510. The van der Waals surface area contributed by atoms with Gasteiger partial charge in [-0.2, -0.15) is 0 Å². The number of carbonyl (C=O) groups excluding carboxylic acids is 4. The van der Waals surface area contributed by atoms with Gasteiger partial charge in [0, 0.05) is 23.7 Å². The fourth-order valence-electron chi connectivity index (χ4n) is 15.0. The second-order valence-corrected chi connectivity index (χ2v) is 19.2. The third kappa shape index (κ3) is 5.20. The van der Waals surface area contributed by atoms with E-state index in [9.17, 15) is 19.2 Å². The van der Waals surface area contributed by atoms with Gasteiger partial charge in [-0.25, -0.2) is 0 Å². The first kappa shape index (κ1) is 34.8. The van der Waals surface area contributed by atoms with E-state index in [4.69, 9.17) is 9.47 Å². The Morgan fingerprint density at radius 2 is 1.52 bits per heavy atom. The molecule has 6 saturated carbocycles. The zero-order valence-electron chi connectivity index (χ0n) is 31.5. The van der Waals surface area contributed by atoms with E-state index in [-0.39, 0.29) is 47.1 Å². The number of esters is 2. The fraction of sp³-hybridized carbons (Fsp3) is 0.818. The molecule has 7 unspecified atom stereocenters. The van der Waals surface area contributed by atoms with Gasteiger partial charge in [-0.1, -0.05) is 38.8 Å². The number of allylic oxidation sites excluding steroid dienone is 2. The van der Waals surface area contributed by atoms with Crippen LogP contribution in [0.25, 0.3) is 0 Å². The molecule has 8 aliphatic carbocycles. The van der Waals surface area contributed by atoms with Gasteiger partial charge in [-0.3, -0.25) is 19.2 Å². The highest BCUT2D eigenvalue weighted by Crippen LogP contribution is 2.68. The van der Waals surface area contributed by atoms with E-state index in [1.807, 2.05) is 12.2 Å². The van der Waals surface area contributed by atoms with Crippen LogP contribution in [0.3, 0.4) is 0 Å². The smallest absolute Gasteiger partial charge is 0.306 e. The maximum absolute atomic E-state index is 13.5. The molecule has 0 bridgehead atoms. The van der Waals surface area contributed by atoms with E-state index in [2.05, 4.69) is 34.6 Å². The van der Waals surface area contributed by atoms with Crippen LogP contribution in [0.4, 0.5) is 0 Å². The van der Waals surface area contributed by atoms with E-state index in [1.165, 1.54) is 11.1 Å². The third-order valence-corrected chi connectivity index (χ3v) is 17.5. The number of hydrogen-bond donors (Lipinski definition) is 0.